The van der Waals surface area contributed by atoms with E-state index in [1.165, 1.54) is 13.2 Å². The first-order valence-electron chi connectivity index (χ1n) is 6.49. The van der Waals surface area contributed by atoms with Crippen molar-refractivity contribution in [3.05, 3.63) is 23.3 Å². The van der Waals surface area contributed by atoms with Gasteiger partial charge in [-0.1, -0.05) is 6.92 Å². The molecule has 0 saturated carbocycles. The zero-order chi connectivity index (χ0) is 15.3. The summed E-state index contributed by atoms with van der Waals surface area (Å²) < 4.78 is 49.0. The minimum atomic E-state index is -4.48. The van der Waals surface area contributed by atoms with E-state index in [1.54, 1.807) is 6.92 Å². The van der Waals surface area contributed by atoms with Crippen LogP contribution in [0, 0.1) is 0 Å². The first-order valence-corrected chi connectivity index (χ1v) is 6.49. The van der Waals surface area contributed by atoms with E-state index in [2.05, 4.69) is 0 Å². The van der Waals surface area contributed by atoms with E-state index < -0.39 is 11.7 Å². The molecule has 0 heterocycles. The van der Waals surface area contributed by atoms with Gasteiger partial charge in [0, 0.05) is 6.04 Å². The zero-order valence-electron chi connectivity index (χ0n) is 11.9. The van der Waals surface area contributed by atoms with Gasteiger partial charge in [-0.05, 0) is 37.5 Å². The summed E-state index contributed by atoms with van der Waals surface area (Å²) >= 11 is 0. The summed E-state index contributed by atoms with van der Waals surface area (Å²) in [6.45, 7) is 3.94. The first-order chi connectivity index (χ1) is 9.33. The molecule has 0 aliphatic heterocycles. The zero-order valence-corrected chi connectivity index (χ0v) is 11.9. The molecule has 114 valence electrons. The summed E-state index contributed by atoms with van der Waals surface area (Å²) in [5, 5.41) is 0. The van der Waals surface area contributed by atoms with Crippen LogP contribution in [0.25, 0.3) is 0 Å². The molecule has 0 amide bonds. The van der Waals surface area contributed by atoms with Crippen LogP contribution in [0.5, 0.6) is 11.5 Å². The lowest BCUT2D eigenvalue weighted by atomic mass is 10.0. The fourth-order valence-electron chi connectivity index (χ4n) is 1.87. The number of ether oxygens (including phenoxy) is 2. The van der Waals surface area contributed by atoms with Crippen LogP contribution in [-0.2, 0) is 12.6 Å². The molecule has 0 fully saturated rings. The number of nitrogens with two attached hydrogens (primary N) is 1. The van der Waals surface area contributed by atoms with Crippen molar-refractivity contribution in [3.63, 3.8) is 0 Å². The minimum Gasteiger partial charge on any atom is -0.496 e. The molecule has 1 aromatic rings. The Labute approximate surface area is 116 Å². The van der Waals surface area contributed by atoms with E-state index in [1.807, 2.05) is 6.92 Å². The average Bonchev–Trinajstić information content (AvgIpc) is 2.38. The van der Waals surface area contributed by atoms with Crippen molar-refractivity contribution < 1.29 is 22.6 Å². The molecule has 0 radical (unpaired) electrons. The van der Waals surface area contributed by atoms with Crippen LogP contribution in [0.2, 0.25) is 0 Å². The Kier molecular flexibility index (Phi) is 5.68. The second kappa shape index (κ2) is 6.83. The highest BCUT2D eigenvalue weighted by molar-refractivity contribution is 5.48. The van der Waals surface area contributed by atoms with Crippen LogP contribution in [0.1, 0.15) is 31.4 Å². The predicted molar refractivity (Wildman–Crippen MR) is 71.1 cm³/mol. The molecular weight excluding hydrogens is 271 g/mol. The maximum Gasteiger partial charge on any atom is 0.420 e. The van der Waals surface area contributed by atoms with Crippen LogP contribution in [-0.4, -0.2) is 19.8 Å². The monoisotopic (exact) mass is 291 g/mol. The molecule has 0 aromatic heterocycles. The van der Waals surface area contributed by atoms with Gasteiger partial charge < -0.3 is 15.2 Å². The van der Waals surface area contributed by atoms with Crippen molar-refractivity contribution in [3.8, 4) is 11.5 Å². The topological polar surface area (TPSA) is 44.5 Å². The number of methoxy groups -OCH3 is 1. The van der Waals surface area contributed by atoms with E-state index in [-0.39, 0.29) is 24.1 Å². The fourth-order valence-corrected chi connectivity index (χ4v) is 1.87. The molecule has 6 heteroatoms. The SMILES string of the molecule is CCOc1cc(C(F)(F)F)c(OC)cc1CC(N)CC. The molecule has 3 nitrogen and oxygen atoms in total. The molecule has 0 aliphatic carbocycles. The molecule has 2 N–H and O–H groups in total. The van der Waals surface area contributed by atoms with E-state index in [9.17, 15) is 13.2 Å². The van der Waals surface area contributed by atoms with Gasteiger partial charge in [0.15, 0.2) is 0 Å². The lowest BCUT2D eigenvalue weighted by Gasteiger charge is -2.19. The van der Waals surface area contributed by atoms with Gasteiger partial charge in [-0.2, -0.15) is 13.2 Å². The lowest BCUT2D eigenvalue weighted by molar-refractivity contribution is -0.138. The van der Waals surface area contributed by atoms with Gasteiger partial charge in [-0.15, -0.1) is 0 Å². The Balaban J connectivity index is 3.29. The van der Waals surface area contributed by atoms with Crippen LogP contribution in [0.4, 0.5) is 13.2 Å². The normalized spacial score (nSPS) is 13.2. The van der Waals surface area contributed by atoms with Gasteiger partial charge in [-0.25, -0.2) is 0 Å². The highest BCUT2D eigenvalue weighted by Gasteiger charge is 2.35. The summed E-state index contributed by atoms with van der Waals surface area (Å²) in [7, 11) is 1.22. The molecule has 0 bridgehead atoms. The van der Waals surface area contributed by atoms with Gasteiger partial charge in [0.05, 0.1) is 13.7 Å². The van der Waals surface area contributed by atoms with Crippen LogP contribution in [0.15, 0.2) is 12.1 Å². The smallest absolute Gasteiger partial charge is 0.420 e. The molecule has 0 spiro atoms. The molecular formula is C14H20F3NO2. The van der Waals surface area contributed by atoms with Crippen molar-refractivity contribution in [2.45, 2.75) is 38.9 Å². The summed E-state index contributed by atoms with van der Waals surface area (Å²) in [5.74, 6) is 0.00350. The third-order valence-electron chi connectivity index (χ3n) is 2.99. The Hall–Kier alpha value is -1.43. The number of hydrogen-bond donors (Lipinski definition) is 1. The quantitative estimate of drug-likeness (QED) is 0.873. The third kappa shape index (κ3) is 4.03. The molecule has 1 atom stereocenters. The second-order valence-electron chi connectivity index (χ2n) is 4.46. The van der Waals surface area contributed by atoms with Gasteiger partial charge in [0.2, 0.25) is 0 Å². The average molecular weight is 291 g/mol. The molecule has 1 unspecified atom stereocenters. The Morgan fingerprint density at radius 1 is 1.20 bits per heavy atom. The maximum absolute atomic E-state index is 13.0. The summed E-state index contributed by atoms with van der Waals surface area (Å²) in [6, 6.07) is 2.22. The second-order valence-corrected chi connectivity index (χ2v) is 4.46. The van der Waals surface area contributed by atoms with Crippen LogP contribution in [0.3, 0.4) is 0 Å². The molecule has 0 aliphatic rings. The summed E-state index contributed by atoms with van der Waals surface area (Å²) in [6.07, 6.45) is -3.31. The number of benzene rings is 1. The number of halogens is 3. The lowest BCUT2D eigenvalue weighted by Crippen LogP contribution is -2.22. The summed E-state index contributed by atoms with van der Waals surface area (Å²) in [5.41, 5.74) is 5.66. The molecule has 1 aromatic carbocycles. The standard InChI is InChI=1S/C14H20F3NO2/c1-4-10(18)6-9-7-13(19-3)11(14(15,16)17)8-12(9)20-5-2/h7-8,10H,4-6,18H2,1-3H3. The van der Waals surface area contributed by atoms with Crippen molar-refractivity contribution >= 4 is 0 Å². The highest BCUT2D eigenvalue weighted by atomic mass is 19.4. The minimum absolute atomic E-state index is 0.129. The Bertz CT molecular complexity index is 447. The Morgan fingerprint density at radius 2 is 1.85 bits per heavy atom. The van der Waals surface area contributed by atoms with E-state index >= 15 is 0 Å². The number of alkyl halides is 3. The van der Waals surface area contributed by atoms with Gasteiger partial charge >= 0.3 is 6.18 Å². The predicted octanol–water partition coefficient (Wildman–Crippen LogP) is 3.39. The first kappa shape index (κ1) is 16.6. The van der Waals surface area contributed by atoms with Gasteiger partial charge in [0.1, 0.15) is 17.1 Å². The number of hydrogen-bond acceptors (Lipinski definition) is 3. The van der Waals surface area contributed by atoms with E-state index in [0.29, 0.717) is 12.0 Å². The van der Waals surface area contributed by atoms with Gasteiger partial charge in [0.25, 0.3) is 0 Å². The highest BCUT2D eigenvalue weighted by Crippen LogP contribution is 2.40. The van der Waals surface area contributed by atoms with Gasteiger partial charge in [-0.3, -0.25) is 0 Å². The van der Waals surface area contributed by atoms with Crippen molar-refractivity contribution in [1.29, 1.82) is 0 Å². The van der Waals surface area contributed by atoms with E-state index in [0.717, 1.165) is 12.5 Å². The molecule has 20 heavy (non-hydrogen) atoms. The Morgan fingerprint density at radius 3 is 2.30 bits per heavy atom. The molecule has 1 rings (SSSR count). The van der Waals surface area contributed by atoms with Crippen molar-refractivity contribution in [2.75, 3.05) is 13.7 Å². The van der Waals surface area contributed by atoms with E-state index in [4.69, 9.17) is 15.2 Å². The molecule has 0 saturated heterocycles. The number of rotatable bonds is 6. The van der Waals surface area contributed by atoms with Crippen molar-refractivity contribution in [2.24, 2.45) is 5.73 Å². The van der Waals surface area contributed by atoms with Crippen LogP contribution < -0.4 is 15.2 Å². The third-order valence-corrected chi connectivity index (χ3v) is 2.99. The summed E-state index contributed by atoms with van der Waals surface area (Å²) in [4.78, 5) is 0. The largest absolute Gasteiger partial charge is 0.496 e. The van der Waals surface area contributed by atoms with Crippen molar-refractivity contribution in [1.82, 2.24) is 0 Å². The maximum atomic E-state index is 13.0. The fraction of sp³-hybridized carbons (Fsp3) is 0.571. The van der Waals surface area contributed by atoms with Crippen LogP contribution >= 0.6 is 0 Å².